The minimum Gasteiger partial charge on any atom is -0.317 e. The zero-order valence-electron chi connectivity index (χ0n) is 10.2. The third-order valence-corrected chi connectivity index (χ3v) is 2.77. The quantitative estimate of drug-likeness (QED) is 0.645. The second-order valence-corrected chi connectivity index (χ2v) is 4.68. The first-order valence-electron chi connectivity index (χ1n) is 6.91. The van der Waals surface area contributed by atoms with Crippen molar-refractivity contribution in [3.8, 4) is 0 Å². The maximum Gasteiger partial charge on any atom is -0.00489 e. The van der Waals surface area contributed by atoms with Crippen LogP contribution in [0.1, 0.15) is 57.8 Å². The van der Waals surface area contributed by atoms with Gasteiger partial charge in [0.05, 0.1) is 0 Å². The molecule has 15 heavy (non-hydrogen) atoms. The average molecular weight is 212 g/mol. The molecule has 2 heterocycles. The van der Waals surface area contributed by atoms with E-state index in [0.717, 1.165) is 0 Å². The third-order valence-electron chi connectivity index (χ3n) is 2.77. The van der Waals surface area contributed by atoms with Crippen LogP contribution in [0.5, 0.6) is 0 Å². The highest BCUT2D eigenvalue weighted by atomic mass is 14.9. The minimum absolute atomic E-state index is 1.25. The van der Waals surface area contributed by atoms with E-state index >= 15 is 0 Å². The molecule has 1 saturated carbocycles. The van der Waals surface area contributed by atoms with E-state index in [1.807, 2.05) is 0 Å². The van der Waals surface area contributed by atoms with Crippen LogP contribution in [0.2, 0.25) is 0 Å². The largest absolute Gasteiger partial charge is 0.317 e. The topological polar surface area (TPSA) is 24.1 Å². The Morgan fingerprint density at radius 3 is 0.667 bits per heavy atom. The Labute approximate surface area is 95.2 Å². The van der Waals surface area contributed by atoms with E-state index in [1.54, 1.807) is 0 Å². The van der Waals surface area contributed by atoms with E-state index < -0.39 is 0 Å². The highest BCUT2D eigenvalue weighted by Crippen LogP contribution is 2.14. The number of hydrogen-bond donors (Lipinski definition) is 2. The predicted molar refractivity (Wildman–Crippen MR) is 67.3 cm³/mol. The lowest BCUT2D eigenvalue weighted by atomic mass is 10.2. The van der Waals surface area contributed by atoms with Crippen molar-refractivity contribution in [2.24, 2.45) is 0 Å². The van der Waals surface area contributed by atoms with E-state index in [4.69, 9.17) is 0 Å². The minimum atomic E-state index is 1.25. The Hall–Kier alpha value is -0.0800. The van der Waals surface area contributed by atoms with Crippen molar-refractivity contribution in [2.75, 3.05) is 26.2 Å². The molecule has 0 unspecified atom stereocenters. The van der Waals surface area contributed by atoms with Gasteiger partial charge in [-0.1, -0.05) is 32.1 Å². The normalized spacial score (nSPS) is 24.0. The molecule has 0 amide bonds. The Bertz CT molecular complexity index is 77.9. The fourth-order valence-electron chi connectivity index (χ4n) is 1.60. The van der Waals surface area contributed by atoms with Crippen LogP contribution in [0.3, 0.4) is 0 Å². The first-order valence-corrected chi connectivity index (χ1v) is 6.91. The maximum absolute atomic E-state index is 3.28. The SMILES string of the molecule is C1CC1.C1CCNCC1.C1CCNCC1. The summed E-state index contributed by atoms with van der Waals surface area (Å²) in [5, 5.41) is 6.57. The van der Waals surface area contributed by atoms with Crippen LogP contribution in [0, 0.1) is 0 Å². The fourth-order valence-corrected chi connectivity index (χ4v) is 1.60. The van der Waals surface area contributed by atoms with Crippen LogP contribution in [0.25, 0.3) is 0 Å². The zero-order chi connectivity index (χ0) is 10.6. The maximum atomic E-state index is 3.28. The molecule has 0 aromatic heterocycles. The lowest BCUT2D eigenvalue weighted by Gasteiger charge is -2.08. The zero-order valence-corrected chi connectivity index (χ0v) is 10.2. The van der Waals surface area contributed by atoms with Crippen LogP contribution >= 0.6 is 0 Å². The van der Waals surface area contributed by atoms with Crippen molar-refractivity contribution in [1.82, 2.24) is 10.6 Å². The summed E-state index contributed by atoms with van der Waals surface area (Å²) in [5.74, 6) is 0. The summed E-state index contributed by atoms with van der Waals surface area (Å²) >= 11 is 0. The van der Waals surface area contributed by atoms with Crippen LogP contribution in [-0.4, -0.2) is 26.2 Å². The Morgan fingerprint density at radius 1 is 0.333 bits per heavy atom. The second-order valence-electron chi connectivity index (χ2n) is 4.68. The fraction of sp³-hybridized carbons (Fsp3) is 1.00. The van der Waals surface area contributed by atoms with Crippen LogP contribution in [0.15, 0.2) is 0 Å². The van der Waals surface area contributed by atoms with E-state index in [0.29, 0.717) is 0 Å². The van der Waals surface area contributed by atoms with Crippen LogP contribution in [0.4, 0.5) is 0 Å². The Kier molecular flexibility index (Phi) is 9.04. The van der Waals surface area contributed by atoms with Gasteiger partial charge in [-0.15, -0.1) is 0 Å². The Balaban J connectivity index is 0.000000119. The van der Waals surface area contributed by atoms with Crippen molar-refractivity contribution < 1.29 is 0 Å². The molecular weight excluding hydrogens is 184 g/mol. The molecule has 3 fully saturated rings. The van der Waals surface area contributed by atoms with Gasteiger partial charge < -0.3 is 10.6 Å². The summed E-state index contributed by atoms with van der Waals surface area (Å²) in [6.45, 7) is 5.00. The molecule has 0 spiro atoms. The molecule has 0 atom stereocenters. The number of nitrogens with one attached hydrogen (secondary N) is 2. The van der Waals surface area contributed by atoms with Gasteiger partial charge in [0.15, 0.2) is 0 Å². The van der Waals surface area contributed by atoms with Crippen LogP contribution in [-0.2, 0) is 0 Å². The molecule has 0 bridgehead atoms. The highest BCUT2D eigenvalue weighted by Gasteiger charge is 1.95. The average Bonchev–Trinajstić information content (AvgIpc) is 3.22. The van der Waals surface area contributed by atoms with E-state index in [2.05, 4.69) is 10.6 Å². The molecule has 2 N–H and O–H groups in total. The molecule has 2 heteroatoms. The molecule has 0 aromatic carbocycles. The molecule has 2 aliphatic heterocycles. The first kappa shape index (κ1) is 13.0. The molecule has 2 nitrogen and oxygen atoms in total. The molecule has 0 radical (unpaired) electrons. The third kappa shape index (κ3) is 11.8. The number of hydrogen-bond acceptors (Lipinski definition) is 2. The first-order chi connectivity index (χ1) is 7.50. The summed E-state index contributed by atoms with van der Waals surface area (Å²) < 4.78 is 0. The van der Waals surface area contributed by atoms with Gasteiger partial charge in [0.2, 0.25) is 0 Å². The Morgan fingerprint density at radius 2 is 0.600 bits per heavy atom. The molecule has 3 rings (SSSR count). The van der Waals surface area contributed by atoms with Gasteiger partial charge in [0, 0.05) is 0 Å². The van der Waals surface area contributed by atoms with Crippen molar-refractivity contribution >= 4 is 0 Å². The lowest BCUT2D eigenvalue weighted by Crippen LogP contribution is -2.21. The summed E-state index contributed by atoms with van der Waals surface area (Å²) in [7, 11) is 0. The van der Waals surface area contributed by atoms with Gasteiger partial charge in [0.25, 0.3) is 0 Å². The smallest absolute Gasteiger partial charge is 0.00489 e. The van der Waals surface area contributed by atoms with Gasteiger partial charge in [-0.3, -0.25) is 0 Å². The van der Waals surface area contributed by atoms with Crippen molar-refractivity contribution in [3.63, 3.8) is 0 Å². The van der Waals surface area contributed by atoms with Gasteiger partial charge in [-0.05, 0) is 51.9 Å². The standard InChI is InChI=1S/2C5H11N.C3H6/c2*1-2-4-6-5-3-1;1-2-3-1/h2*6H,1-5H2;1-3H2. The van der Waals surface area contributed by atoms with Crippen LogP contribution < -0.4 is 10.6 Å². The van der Waals surface area contributed by atoms with E-state index in [-0.39, 0.29) is 0 Å². The predicted octanol–water partition coefficient (Wildman–Crippen LogP) is 2.69. The van der Waals surface area contributed by atoms with Crippen molar-refractivity contribution in [1.29, 1.82) is 0 Å². The molecule has 3 aliphatic rings. The molecule has 2 saturated heterocycles. The van der Waals surface area contributed by atoms with Gasteiger partial charge in [-0.25, -0.2) is 0 Å². The molecular formula is C13H28N2. The number of rotatable bonds is 0. The van der Waals surface area contributed by atoms with Gasteiger partial charge >= 0.3 is 0 Å². The summed E-state index contributed by atoms with van der Waals surface area (Å²) in [4.78, 5) is 0. The number of piperidine rings is 2. The highest BCUT2D eigenvalue weighted by molar-refractivity contribution is 4.55. The van der Waals surface area contributed by atoms with E-state index in [9.17, 15) is 0 Å². The van der Waals surface area contributed by atoms with Crippen molar-refractivity contribution in [3.05, 3.63) is 0 Å². The monoisotopic (exact) mass is 212 g/mol. The lowest BCUT2D eigenvalue weighted by molar-refractivity contribution is 0.520. The summed E-state index contributed by atoms with van der Waals surface area (Å²) in [6, 6.07) is 0. The van der Waals surface area contributed by atoms with Crippen molar-refractivity contribution in [2.45, 2.75) is 57.8 Å². The van der Waals surface area contributed by atoms with E-state index in [1.165, 1.54) is 84.0 Å². The second kappa shape index (κ2) is 10.4. The molecule has 1 aliphatic carbocycles. The molecule has 0 aromatic rings. The molecule has 90 valence electrons. The van der Waals surface area contributed by atoms with Gasteiger partial charge in [0.1, 0.15) is 0 Å². The van der Waals surface area contributed by atoms with Gasteiger partial charge in [-0.2, -0.15) is 0 Å². The summed E-state index contributed by atoms with van der Waals surface area (Å²) in [6.07, 6.45) is 12.9. The summed E-state index contributed by atoms with van der Waals surface area (Å²) in [5.41, 5.74) is 0.